The molecule has 292 valence electrons. The highest BCUT2D eigenvalue weighted by molar-refractivity contribution is 5.90. The molecular formula is C42H46F3N3O7. The van der Waals surface area contributed by atoms with Gasteiger partial charge in [-0.1, -0.05) is 85.8 Å². The lowest BCUT2D eigenvalue weighted by Gasteiger charge is -2.42. The number of phenolic OH excluding ortho intramolecular Hbond substituents is 1. The van der Waals surface area contributed by atoms with E-state index in [9.17, 15) is 38.1 Å². The summed E-state index contributed by atoms with van der Waals surface area (Å²) in [6.07, 6.45) is -6.71. The first-order valence-electron chi connectivity index (χ1n) is 18.3. The van der Waals surface area contributed by atoms with Gasteiger partial charge in [-0.15, -0.1) is 0 Å². The van der Waals surface area contributed by atoms with Gasteiger partial charge >= 0.3 is 12.1 Å². The highest BCUT2D eigenvalue weighted by atomic mass is 19.4. The molecule has 2 heterocycles. The van der Waals surface area contributed by atoms with Crippen molar-refractivity contribution in [2.45, 2.75) is 69.7 Å². The molecule has 2 aliphatic heterocycles. The Morgan fingerprint density at radius 2 is 1.64 bits per heavy atom. The highest BCUT2D eigenvalue weighted by Gasteiger charge is 2.47. The Labute approximate surface area is 318 Å². The summed E-state index contributed by atoms with van der Waals surface area (Å²) in [5.74, 6) is -2.61. The third kappa shape index (κ3) is 9.72. The normalized spacial score (nSPS) is 22.1. The lowest BCUT2D eigenvalue weighted by atomic mass is 9.90. The lowest BCUT2D eigenvalue weighted by molar-refractivity contribution is -0.276. The number of benzene rings is 4. The first-order chi connectivity index (χ1) is 26.3. The zero-order chi connectivity index (χ0) is 39.3. The molecule has 2 aliphatic rings. The van der Waals surface area contributed by atoms with E-state index in [1.165, 1.54) is 0 Å². The molecule has 0 aromatic heterocycles. The molecule has 2 saturated heterocycles. The predicted octanol–water partition coefficient (Wildman–Crippen LogP) is 6.18. The number of hydrogen-bond donors (Lipinski definition) is 4. The van der Waals surface area contributed by atoms with Gasteiger partial charge in [-0.3, -0.25) is 9.59 Å². The number of amides is 2. The average Bonchev–Trinajstić information content (AvgIpc) is 3.67. The molecule has 0 bridgehead atoms. The van der Waals surface area contributed by atoms with E-state index in [0.29, 0.717) is 30.0 Å². The molecule has 6 rings (SSSR count). The van der Waals surface area contributed by atoms with Crippen molar-refractivity contribution in [2.75, 3.05) is 26.7 Å². The minimum atomic E-state index is -5.03. The molecule has 4 aromatic rings. The average molecular weight is 762 g/mol. The number of ether oxygens (including phenoxy) is 2. The van der Waals surface area contributed by atoms with Gasteiger partial charge in [-0.05, 0) is 71.5 Å². The molecule has 6 unspecified atom stereocenters. The largest absolute Gasteiger partial charge is 0.508 e. The van der Waals surface area contributed by atoms with Gasteiger partial charge in [0.25, 0.3) is 0 Å². The van der Waals surface area contributed by atoms with Crippen LogP contribution in [0.15, 0.2) is 97.1 Å². The van der Waals surface area contributed by atoms with Crippen molar-refractivity contribution < 1.29 is 47.6 Å². The molecule has 0 spiro atoms. The van der Waals surface area contributed by atoms with E-state index in [0.717, 1.165) is 33.4 Å². The van der Waals surface area contributed by atoms with Crippen LogP contribution < -0.4 is 5.32 Å². The summed E-state index contributed by atoms with van der Waals surface area (Å²) in [6.45, 7) is 2.76. The maximum atomic E-state index is 13.1. The van der Waals surface area contributed by atoms with Gasteiger partial charge in [0.15, 0.2) is 6.29 Å². The Bertz CT molecular complexity index is 1920. The first-order valence-corrected chi connectivity index (χ1v) is 18.3. The van der Waals surface area contributed by atoms with Gasteiger partial charge in [0.1, 0.15) is 11.8 Å². The number of rotatable bonds is 12. The second-order valence-corrected chi connectivity index (χ2v) is 14.3. The minimum absolute atomic E-state index is 0.0708. The zero-order valence-electron chi connectivity index (χ0n) is 30.7. The van der Waals surface area contributed by atoms with E-state index >= 15 is 0 Å². The fraction of sp³-hybridized carbons (Fsp3) is 0.381. The Balaban J connectivity index is 1.14. The molecule has 6 atom stereocenters. The molecule has 2 fully saturated rings. The van der Waals surface area contributed by atoms with Crippen molar-refractivity contribution >= 4 is 11.8 Å². The number of hydrogen-bond acceptors (Lipinski definition) is 8. The van der Waals surface area contributed by atoms with E-state index in [1.54, 1.807) is 24.3 Å². The van der Waals surface area contributed by atoms with E-state index in [-0.39, 0.29) is 50.0 Å². The van der Waals surface area contributed by atoms with Crippen molar-refractivity contribution in [3.8, 4) is 16.9 Å². The number of likely N-dealkylation sites (N-methyl/N-ethyl adjacent to an activating group) is 1. The van der Waals surface area contributed by atoms with Crippen molar-refractivity contribution in [3.05, 3.63) is 125 Å². The summed E-state index contributed by atoms with van der Waals surface area (Å²) in [5.41, 5.74) is 5.62. The van der Waals surface area contributed by atoms with Crippen molar-refractivity contribution in [3.63, 3.8) is 0 Å². The van der Waals surface area contributed by atoms with Crippen LogP contribution in [0.25, 0.3) is 11.1 Å². The number of halogens is 3. The van der Waals surface area contributed by atoms with Gasteiger partial charge < -0.3 is 39.9 Å². The standard InChI is InChI=1S/C42H46F3N3O7/c1-26-37(24-47(2)23-36(51)33-8-4-9-34(50)21-33)54-40(55-38(26)30-13-11-27(25-49)12-14-30)31-17-15-29(16-18-31)32-7-3-6-28(20-32)22-46-39(52)35-10-5-19-48(35)41(53)42(43,44)45/h3-4,6-9,11-18,20-21,26,35-38,40,49-51H,5,10,19,22-25H2,1-2H3,(H,46,52). The molecule has 55 heavy (non-hydrogen) atoms. The summed E-state index contributed by atoms with van der Waals surface area (Å²) in [6, 6.07) is 28.2. The molecule has 0 saturated carbocycles. The summed E-state index contributed by atoms with van der Waals surface area (Å²) in [5, 5.41) is 33.1. The van der Waals surface area contributed by atoms with E-state index in [2.05, 4.69) is 12.2 Å². The predicted molar refractivity (Wildman–Crippen MR) is 198 cm³/mol. The van der Waals surface area contributed by atoms with Crippen molar-refractivity contribution in [2.24, 2.45) is 5.92 Å². The smallest absolute Gasteiger partial charge is 0.471 e. The van der Waals surface area contributed by atoms with Crippen LogP contribution in [-0.4, -0.2) is 81.9 Å². The summed E-state index contributed by atoms with van der Waals surface area (Å²) >= 11 is 0. The van der Waals surface area contributed by atoms with E-state index in [1.807, 2.05) is 84.7 Å². The number of aliphatic hydroxyl groups is 2. The number of alkyl halides is 3. The zero-order valence-corrected chi connectivity index (χ0v) is 30.7. The van der Waals surface area contributed by atoms with E-state index < -0.39 is 36.4 Å². The quantitative estimate of drug-likeness (QED) is 0.135. The van der Waals surface area contributed by atoms with Crippen LogP contribution in [0, 0.1) is 5.92 Å². The highest BCUT2D eigenvalue weighted by Crippen LogP contribution is 2.42. The first kappa shape index (κ1) is 39.9. The summed E-state index contributed by atoms with van der Waals surface area (Å²) in [7, 11) is 1.91. The SMILES string of the molecule is CC1C(CN(C)CC(O)c2cccc(O)c2)OC(c2ccc(-c3cccc(CNC(=O)C4CCCN4C(=O)C(F)(F)F)c3)cc2)OC1c1ccc(CO)cc1. The molecule has 10 nitrogen and oxygen atoms in total. The molecule has 4 N–H and O–H groups in total. The number of aliphatic hydroxyl groups excluding tert-OH is 2. The van der Waals surface area contributed by atoms with Crippen LogP contribution in [0.2, 0.25) is 0 Å². The monoisotopic (exact) mass is 761 g/mol. The molecule has 4 aromatic carbocycles. The van der Waals surface area contributed by atoms with Gasteiger partial charge in [0.2, 0.25) is 5.91 Å². The number of carbonyl (C=O) groups is 2. The van der Waals surface area contributed by atoms with Gasteiger partial charge in [-0.25, -0.2) is 0 Å². The van der Waals surface area contributed by atoms with Crippen LogP contribution >= 0.6 is 0 Å². The Morgan fingerprint density at radius 3 is 2.33 bits per heavy atom. The Morgan fingerprint density at radius 1 is 0.927 bits per heavy atom. The van der Waals surface area contributed by atoms with Crippen LogP contribution in [0.4, 0.5) is 13.2 Å². The van der Waals surface area contributed by atoms with Crippen molar-refractivity contribution in [1.29, 1.82) is 0 Å². The third-order valence-corrected chi connectivity index (χ3v) is 10.3. The number of phenols is 1. The second-order valence-electron chi connectivity index (χ2n) is 14.3. The van der Waals surface area contributed by atoms with Gasteiger partial charge in [0, 0.05) is 37.7 Å². The molecule has 0 radical (unpaired) electrons. The Kier molecular flexibility index (Phi) is 12.6. The van der Waals surface area contributed by atoms with Crippen molar-refractivity contribution in [1.82, 2.24) is 15.1 Å². The fourth-order valence-corrected chi connectivity index (χ4v) is 7.29. The van der Waals surface area contributed by atoms with Crippen LogP contribution in [0.1, 0.15) is 66.1 Å². The molecule has 2 amide bonds. The molecule has 13 heteroatoms. The lowest BCUT2D eigenvalue weighted by Crippen LogP contribution is -2.50. The van der Waals surface area contributed by atoms with Gasteiger partial charge in [0.05, 0.1) is 24.9 Å². The summed E-state index contributed by atoms with van der Waals surface area (Å²) in [4.78, 5) is 27.3. The molecule has 0 aliphatic carbocycles. The number of carbonyl (C=O) groups excluding carboxylic acids is 2. The van der Waals surface area contributed by atoms with Crippen LogP contribution in [0.5, 0.6) is 5.75 Å². The Hall–Kier alpha value is -4.79. The topological polar surface area (TPSA) is 132 Å². The van der Waals surface area contributed by atoms with Gasteiger partial charge in [-0.2, -0.15) is 13.2 Å². The van der Waals surface area contributed by atoms with E-state index in [4.69, 9.17) is 9.47 Å². The maximum absolute atomic E-state index is 13.1. The number of aromatic hydroxyl groups is 1. The minimum Gasteiger partial charge on any atom is -0.508 e. The fourth-order valence-electron chi connectivity index (χ4n) is 7.29. The number of likely N-dealkylation sites (tertiary alicyclic amines) is 1. The number of nitrogens with zero attached hydrogens (tertiary/aromatic N) is 2. The van der Waals surface area contributed by atoms with Crippen LogP contribution in [-0.2, 0) is 32.2 Å². The maximum Gasteiger partial charge on any atom is 0.471 e. The number of nitrogens with one attached hydrogen (secondary N) is 1. The van der Waals surface area contributed by atoms with Crippen LogP contribution in [0.3, 0.4) is 0 Å². The third-order valence-electron chi connectivity index (χ3n) is 10.3. The molecular weight excluding hydrogens is 715 g/mol. The summed E-state index contributed by atoms with van der Waals surface area (Å²) < 4.78 is 52.4. The second kappa shape index (κ2) is 17.3.